The van der Waals surface area contributed by atoms with Crippen molar-refractivity contribution >= 4 is 5.78 Å². The second-order valence-corrected chi connectivity index (χ2v) is 3.42. The third kappa shape index (κ3) is 1.91. The third-order valence-corrected chi connectivity index (χ3v) is 2.40. The minimum atomic E-state index is -0.232. The van der Waals surface area contributed by atoms with E-state index in [2.05, 4.69) is 0 Å². The average Bonchev–Trinajstić information content (AvgIpc) is 2.71. The standard InChI is InChI=1S/C10H14O3/c11-10(9-5-3-7-13-9)8-4-1-2-6-12-8/h4,9H,1-3,5-7H2. The first-order chi connectivity index (χ1) is 6.38. The van der Waals surface area contributed by atoms with Crippen LogP contribution >= 0.6 is 0 Å². The largest absolute Gasteiger partial charge is 0.490 e. The molecule has 1 fully saturated rings. The fourth-order valence-corrected chi connectivity index (χ4v) is 1.67. The molecule has 0 N–H and O–H groups in total. The minimum absolute atomic E-state index is 0.0391. The first-order valence-corrected chi connectivity index (χ1v) is 4.87. The highest BCUT2D eigenvalue weighted by Crippen LogP contribution is 2.19. The van der Waals surface area contributed by atoms with Gasteiger partial charge in [-0.2, -0.15) is 0 Å². The molecule has 0 radical (unpaired) electrons. The Morgan fingerprint density at radius 3 is 2.92 bits per heavy atom. The lowest BCUT2D eigenvalue weighted by atomic mass is 10.1. The van der Waals surface area contributed by atoms with Gasteiger partial charge in [0.2, 0.25) is 5.78 Å². The van der Waals surface area contributed by atoms with Crippen molar-refractivity contribution in [3.63, 3.8) is 0 Å². The van der Waals surface area contributed by atoms with Crippen LogP contribution in [0.1, 0.15) is 25.7 Å². The Bertz CT molecular complexity index is 226. The normalized spacial score (nSPS) is 28.0. The highest BCUT2D eigenvalue weighted by atomic mass is 16.5. The number of carbonyl (C=O) groups excluding carboxylic acids is 1. The predicted molar refractivity (Wildman–Crippen MR) is 47.3 cm³/mol. The van der Waals surface area contributed by atoms with Crippen molar-refractivity contribution in [3.8, 4) is 0 Å². The van der Waals surface area contributed by atoms with E-state index in [1.807, 2.05) is 6.08 Å². The Labute approximate surface area is 77.7 Å². The molecule has 0 aromatic rings. The SMILES string of the molecule is O=C(C1=CCCCO1)C1CCCO1. The van der Waals surface area contributed by atoms with Gasteiger partial charge in [0.25, 0.3) is 0 Å². The molecule has 1 saturated heterocycles. The number of hydrogen-bond acceptors (Lipinski definition) is 3. The summed E-state index contributed by atoms with van der Waals surface area (Å²) >= 11 is 0. The minimum Gasteiger partial charge on any atom is -0.490 e. The molecule has 2 aliphatic heterocycles. The number of carbonyl (C=O) groups is 1. The van der Waals surface area contributed by atoms with Crippen molar-refractivity contribution < 1.29 is 14.3 Å². The van der Waals surface area contributed by atoms with Gasteiger partial charge in [-0.15, -0.1) is 0 Å². The van der Waals surface area contributed by atoms with E-state index in [0.29, 0.717) is 19.0 Å². The molecule has 0 aromatic heterocycles. The van der Waals surface area contributed by atoms with Crippen LogP contribution in [0.3, 0.4) is 0 Å². The lowest BCUT2D eigenvalue weighted by Gasteiger charge is -2.16. The van der Waals surface area contributed by atoms with Crippen molar-refractivity contribution in [2.45, 2.75) is 31.8 Å². The predicted octanol–water partition coefficient (Wildman–Crippen LogP) is 1.43. The molecule has 0 saturated carbocycles. The van der Waals surface area contributed by atoms with Gasteiger partial charge in [-0.1, -0.05) is 0 Å². The molecular formula is C10H14O3. The topological polar surface area (TPSA) is 35.5 Å². The maximum atomic E-state index is 11.7. The number of rotatable bonds is 2. The lowest BCUT2D eigenvalue weighted by Crippen LogP contribution is -2.24. The lowest BCUT2D eigenvalue weighted by molar-refractivity contribution is -0.127. The molecule has 0 aromatic carbocycles. The fourth-order valence-electron chi connectivity index (χ4n) is 1.67. The molecule has 1 atom stereocenters. The van der Waals surface area contributed by atoms with Crippen molar-refractivity contribution in [1.82, 2.24) is 0 Å². The summed E-state index contributed by atoms with van der Waals surface area (Å²) in [7, 11) is 0. The summed E-state index contributed by atoms with van der Waals surface area (Å²) in [5.74, 6) is 0.565. The number of allylic oxidation sites excluding steroid dienone is 1. The van der Waals surface area contributed by atoms with Gasteiger partial charge in [0.1, 0.15) is 6.10 Å². The Balaban J connectivity index is 1.98. The maximum absolute atomic E-state index is 11.7. The zero-order chi connectivity index (χ0) is 9.10. The van der Waals surface area contributed by atoms with Gasteiger partial charge in [-0.3, -0.25) is 4.79 Å². The van der Waals surface area contributed by atoms with Crippen LogP contribution in [-0.4, -0.2) is 25.1 Å². The second kappa shape index (κ2) is 3.92. The number of ketones is 1. The highest BCUT2D eigenvalue weighted by Gasteiger charge is 2.27. The van der Waals surface area contributed by atoms with Crippen LogP contribution in [0, 0.1) is 0 Å². The molecule has 0 aliphatic carbocycles. The van der Waals surface area contributed by atoms with E-state index in [9.17, 15) is 4.79 Å². The van der Waals surface area contributed by atoms with E-state index in [4.69, 9.17) is 9.47 Å². The van der Waals surface area contributed by atoms with Gasteiger partial charge in [-0.05, 0) is 31.8 Å². The first kappa shape index (κ1) is 8.75. The first-order valence-electron chi connectivity index (χ1n) is 4.87. The van der Waals surface area contributed by atoms with Gasteiger partial charge < -0.3 is 9.47 Å². The summed E-state index contributed by atoms with van der Waals surface area (Å²) in [5, 5.41) is 0. The molecule has 2 aliphatic rings. The summed E-state index contributed by atoms with van der Waals surface area (Å²) < 4.78 is 10.6. The number of ether oxygens (including phenoxy) is 2. The summed E-state index contributed by atoms with van der Waals surface area (Å²) in [5.41, 5.74) is 0. The maximum Gasteiger partial charge on any atom is 0.225 e. The Morgan fingerprint density at radius 2 is 2.31 bits per heavy atom. The molecule has 1 unspecified atom stereocenters. The van der Waals surface area contributed by atoms with E-state index >= 15 is 0 Å². The number of hydrogen-bond donors (Lipinski definition) is 0. The van der Waals surface area contributed by atoms with Gasteiger partial charge in [0, 0.05) is 6.61 Å². The smallest absolute Gasteiger partial charge is 0.225 e. The van der Waals surface area contributed by atoms with Crippen LogP contribution < -0.4 is 0 Å². The summed E-state index contributed by atoms with van der Waals surface area (Å²) in [6.07, 6.45) is 5.46. The molecule has 2 heterocycles. The highest BCUT2D eigenvalue weighted by molar-refractivity contribution is 5.97. The van der Waals surface area contributed by atoms with Gasteiger partial charge in [0.15, 0.2) is 5.76 Å². The van der Waals surface area contributed by atoms with Crippen molar-refractivity contribution in [2.24, 2.45) is 0 Å². The van der Waals surface area contributed by atoms with Gasteiger partial charge in [0.05, 0.1) is 6.61 Å². The van der Waals surface area contributed by atoms with Gasteiger partial charge in [-0.25, -0.2) is 0 Å². The molecule has 13 heavy (non-hydrogen) atoms. The van der Waals surface area contributed by atoms with Crippen LogP contribution in [0.2, 0.25) is 0 Å². The summed E-state index contributed by atoms with van der Waals surface area (Å²) in [6, 6.07) is 0. The Hall–Kier alpha value is -0.830. The van der Waals surface area contributed by atoms with E-state index in [0.717, 1.165) is 25.7 Å². The molecule has 3 nitrogen and oxygen atoms in total. The van der Waals surface area contributed by atoms with E-state index in [1.165, 1.54) is 0 Å². The molecule has 72 valence electrons. The van der Waals surface area contributed by atoms with E-state index in [-0.39, 0.29) is 11.9 Å². The van der Waals surface area contributed by atoms with Crippen LogP contribution in [-0.2, 0) is 14.3 Å². The summed E-state index contributed by atoms with van der Waals surface area (Å²) in [6.45, 7) is 1.38. The van der Waals surface area contributed by atoms with Crippen molar-refractivity contribution in [2.75, 3.05) is 13.2 Å². The monoisotopic (exact) mass is 182 g/mol. The van der Waals surface area contributed by atoms with Crippen LogP contribution in [0.5, 0.6) is 0 Å². The number of Topliss-reactive ketones (excluding diaryl/α,β-unsaturated/α-hetero) is 1. The molecular weight excluding hydrogens is 168 g/mol. The average molecular weight is 182 g/mol. The molecule has 2 rings (SSSR count). The van der Waals surface area contributed by atoms with Crippen LogP contribution in [0.4, 0.5) is 0 Å². The molecule has 0 bridgehead atoms. The zero-order valence-electron chi connectivity index (χ0n) is 7.62. The second-order valence-electron chi connectivity index (χ2n) is 3.42. The van der Waals surface area contributed by atoms with E-state index in [1.54, 1.807) is 0 Å². The van der Waals surface area contributed by atoms with Crippen LogP contribution in [0.15, 0.2) is 11.8 Å². The molecule has 0 spiro atoms. The summed E-state index contributed by atoms with van der Waals surface area (Å²) in [4.78, 5) is 11.7. The zero-order valence-corrected chi connectivity index (χ0v) is 7.62. The third-order valence-electron chi connectivity index (χ3n) is 2.40. The fraction of sp³-hybridized carbons (Fsp3) is 0.700. The van der Waals surface area contributed by atoms with Crippen molar-refractivity contribution in [3.05, 3.63) is 11.8 Å². The van der Waals surface area contributed by atoms with Crippen molar-refractivity contribution in [1.29, 1.82) is 0 Å². The van der Waals surface area contributed by atoms with Gasteiger partial charge >= 0.3 is 0 Å². The van der Waals surface area contributed by atoms with Crippen LogP contribution in [0.25, 0.3) is 0 Å². The molecule has 0 amide bonds. The van der Waals surface area contributed by atoms with E-state index < -0.39 is 0 Å². The Morgan fingerprint density at radius 1 is 1.38 bits per heavy atom. The molecule has 3 heteroatoms. The quantitative estimate of drug-likeness (QED) is 0.648. The Kier molecular flexibility index (Phi) is 2.64.